The predicted molar refractivity (Wildman–Crippen MR) is 112 cm³/mol. The Bertz CT molecular complexity index is 1300. The van der Waals surface area contributed by atoms with E-state index in [2.05, 4.69) is 42.0 Å². The van der Waals surface area contributed by atoms with E-state index < -0.39 is 4.92 Å². The van der Waals surface area contributed by atoms with Crippen molar-refractivity contribution in [3.8, 4) is 22.4 Å². The third-order valence-electron chi connectivity index (χ3n) is 5.05. The Morgan fingerprint density at radius 2 is 1.82 bits per heavy atom. The molecule has 0 atom stereocenters. The van der Waals surface area contributed by atoms with Gasteiger partial charge in [-0.25, -0.2) is 4.98 Å². The summed E-state index contributed by atoms with van der Waals surface area (Å²) < 4.78 is 2.29. The van der Waals surface area contributed by atoms with Gasteiger partial charge in [0.25, 0.3) is 5.69 Å². The summed E-state index contributed by atoms with van der Waals surface area (Å²) >= 11 is 5.40. The number of hydrogen-bond acceptors (Lipinski definition) is 4. The van der Waals surface area contributed by atoms with Crippen molar-refractivity contribution in [3.63, 3.8) is 0 Å². The van der Waals surface area contributed by atoms with Crippen LogP contribution in [0.25, 0.3) is 28.0 Å². The highest BCUT2D eigenvalue weighted by Gasteiger charge is 2.15. The van der Waals surface area contributed by atoms with E-state index in [0.717, 1.165) is 33.6 Å². The lowest BCUT2D eigenvalue weighted by Crippen LogP contribution is -1.95. The third kappa shape index (κ3) is 2.99. The summed E-state index contributed by atoms with van der Waals surface area (Å²) in [4.78, 5) is 18.4. The maximum Gasteiger partial charge on any atom is 0.269 e. The van der Waals surface area contributed by atoms with Crippen LogP contribution in [0.3, 0.4) is 0 Å². The van der Waals surface area contributed by atoms with Gasteiger partial charge in [-0.1, -0.05) is 12.1 Å². The molecule has 0 aliphatic rings. The van der Waals surface area contributed by atoms with Crippen LogP contribution in [0.2, 0.25) is 0 Å². The van der Waals surface area contributed by atoms with E-state index in [-0.39, 0.29) is 5.69 Å². The van der Waals surface area contributed by atoms with Crippen molar-refractivity contribution in [2.45, 2.75) is 20.8 Å². The van der Waals surface area contributed by atoms with Crippen molar-refractivity contribution >= 4 is 23.6 Å². The summed E-state index contributed by atoms with van der Waals surface area (Å²) in [5, 5.41) is 11.0. The standard InChI is InChI=1S/C21H18N4O2S/c1-12-4-5-15(8-13(12)2)19-11-24-20(23-19)18(10-22-21(24)28)17-7-6-16(25(26)27)9-14(17)3/h4-11,23H,1-3H3. The molecular weight excluding hydrogens is 372 g/mol. The first kappa shape index (κ1) is 18.1. The summed E-state index contributed by atoms with van der Waals surface area (Å²) in [5.41, 5.74) is 7.85. The van der Waals surface area contributed by atoms with E-state index in [1.54, 1.807) is 18.3 Å². The van der Waals surface area contributed by atoms with Crippen LogP contribution in [-0.2, 0) is 0 Å². The van der Waals surface area contributed by atoms with Gasteiger partial charge < -0.3 is 4.98 Å². The first-order valence-corrected chi connectivity index (χ1v) is 9.19. The number of aryl methyl sites for hydroxylation is 3. The van der Waals surface area contributed by atoms with E-state index in [9.17, 15) is 10.1 Å². The highest BCUT2D eigenvalue weighted by molar-refractivity contribution is 7.71. The molecule has 0 aliphatic carbocycles. The Labute approximate surface area is 166 Å². The first-order valence-electron chi connectivity index (χ1n) is 8.78. The Morgan fingerprint density at radius 3 is 2.50 bits per heavy atom. The number of aromatic nitrogens is 3. The lowest BCUT2D eigenvalue weighted by molar-refractivity contribution is -0.384. The number of non-ortho nitro benzene ring substituents is 1. The lowest BCUT2D eigenvalue weighted by atomic mass is 10.0. The molecule has 0 spiro atoms. The average Bonchev–Trinajstić information content (AvgIpc) is 3.11. The molecule has 2 aromatic carbocycles. The Kier molecular flexibility index (Phi) is 4.31. The largest absolute Gasteiger partial charge is 0.339 e. The third-order valence-corrected chi connectivity index (χ3v) is 5.35. The smallest absolute Gasteiger partial charge is 0.269 e. The number of fused-ring (bicyclic) bond motifs is 1. The normalized spacial score (nSPS) is 11.1. The number of nitro groups is 1. The van der Waals surface area contributed by atoms with Crippen molar-refractivity contribution in [1.29, 1.82) is 0 Å². The maximum absolute atomic E-state index is 11.0. The Morgan fingerprint density at radius 1 is 1.04 bits per heavy atom. The zero-order chi connectivity index (χ0) is 20.0. The minimum absolute atomic E-state index is 0.0697. The number of rotatable bonds is 3. The van der Waals surface area contributed by atoms with Crippen molar-refractivity contribution in [2.24, 2.45) is 0 Å². The number of benzene rings is 2. The van der Waals surface area contributed by atoms with Crippen molar-refractivity contribution in [1.82, 2.24) is 14.4 Å². The molecule has 0 unspecified atom stereocenters. The van der Waals surface area contributed by atoms with Gasteiger partial charge in [-0.2, -0.15) is 0 Å². The second kappa shape index (κ2) is 6.69. The fourth-order valence-corrected chi connectivity index (χ4v) is 3.52. The molecule has 0 bridgehead atoms. The molecule has 1 N–H and O–H groups in total. The minimum Gasteiger partial charge on any atom is -0.339 e. The van der Waals surface area contributed by atoms with Crippen LogP contribution in [0.4, 0.5) is 5.69 Å². The topological polar surface area (TPSA) is 76.2 Å². The second-order valence-electron chi connectivity index (χ2n) is 6.90. The van der Waals surface area contributed by atoms with Crippen LogP contribution in [0, 0.1) is 35.7 Å². The lowest BCUT2D eigenvalue weighted by Gasteiger charge is -2.07. The molecule has 2 aromatic heterocycles. The molecule has 0 aliphatic heterocycles. The predicted octanol–water partition coefficient (Wildman–Crippen LogP) is 5.56. The van der Waals surface area contributed by atoms with Crippen LogP contribution in [0.1, 0.15) is 16.7 Å². The van der Waals surface area contributed by atoms with E-state index in [1.165, 1.54) is 17.2 Å². The van der Waals surface area contributed by atoms with Crippen molar-refractivity contribution in [2.75, 3.05) is 0 Å². The molecule has 28 heavy (non-hydrogen) atoms. The number of nitro benzene ring substituents is 1. The van der Waals surface area contributed by atoms with Crippen LogP contribution < -0.4 is 0 Å². The number of aromatic amines is 1. The molecule has 0 amide bonds. The second-order valence-corrected chi connectivity index (χ2v) is 7.26. The fourth-order valence-electron chi connectivity index (χ4n) is 3.32. The fraction of sp³-hybridized carbons (Fsp3) is 0.143. The quantitative estimate of drug-likeness (QED) is 0.282. The summed E-state index contributed by atoms with van der Waals surface area (Å²) in [6, 6.07) is 11.1. The maximum atomic E-state index is 11.0. The van der Waals surface area contributed by atoms with Gasteiger partial charge in [0.1, 0.15) is 5.65 Å². The number of nitrogens with one attached hydrogen (secondary N) is 1. The highest BCUT2D eigenvalue weighted by atomic mass is 32.1. The van der Waals surface area contributed by atoms with E-state index in [1.807, 2.05) is 17.5 Å². The van der Waals surface area contributed by atoms with E-state index in [4.69, 9.17) is 12.2 Å². The molecule has 140 valence electrons. The summed E-state index contributed by atoms with van der Waals surface area (Å²) in [5.74, 6) is 0. The molecule has 0 radical (unpaired) electrons. The van der Waals surface area contributed by atoms with Gasteiger partial charge in [-0.15, -0.1) is 0 Å². The van der Waals surface area contributed by atoms with Crippen molar-refractivity contribution in [3.05, 3.63) is 80.4 Å². The molecule has 0 saturated carbocycles. The van der Waals surface area contributed by atoms with Gasteiger partial charge in [0.2, 0.25) is 4.77 Å². The van der Waals surface area contributed by atoms with Crippen LogP contribution >= 0.6 is 12.2 Å². The van der Waals surface area contributed by atoms with Gasteiger partial charge in [0.15, 0.2) is 0 Å². The summed E-state index contributed by atoms with van der Waals surface area (Å²) in [6.45, 7) is 6.02. The molecular formula is C21H18N4O2S. The SMILES string of the molecule is Cc1ccc(-c2cn3c(=S)ncc(-c4ccc([N+](=O)[O-])cc4C)c3[nH]2)cc1C. The Balaban J connectivity index is 1.93. The highest BCUT2D eigenvalue weighted by Crippen LogP contribution is 2.31. The molecule has 0 fully saturated rings. The monoisotopic (exact) mass is 390 g/mol. The summed E-state index contributed by atoms with van der Waals surface area (Å²) in [6.07, 6.45) is 3.66. The van der Waals surface area contributed by atoms with Gasteiger partial charge in [-0.3, -0.25) is 14.5 Å². The van der Waals surface area contributed by atoms with Crippen molar-refractivity contribution < 1.29 is 4.92 Å². The number of nitrogens with zero attached hydrogens (tertiary/aromatic N) is 3. The number of imidazole rings is 1. The zero-order valence-electron chi connectivity index (χ0n) is 15.7. The van der Waals surface area contributed by atoms with Gasteiger partial charge in [0.05, 0.1) is 10.6 Å². The van der Waals surface area contributed by atoms with Crippen LogP contribution in [0.5, 0.6) is 0 Å². The average molecular weight is 390 g/mol. The molecule has 7 heteroatoms. The number of hydrogen-bond donors (Lipinski definition) is 1. The molecule has 2 heterocycles. The van der Waals surface area contributed by atoms with E-state index in [0.29, 0.717) is 4.77 Å². The van der Waals surface area contributed by atoms with Gasteiger partial charge in [-0.05, 0) is 72.9 Å². The first-order chi connectivity index (χ1) is 13.3. The van der Waals surface area contributed by atoms with Crippen LogP contribution in [-0.4, -0.2) is 19.3 Å². The molecule has 4 rings (SSSR count). The van der Waals surface area contributed by atoms with Gasteiger partial charge >= 0.3 is 0 Å². The molecule has 6 nitrogen and oxygen atoms in total. The Hall–Kier alpha value is -3.32. The molecule has 0 saturated heterocycles. The minimum atomic E-state index is -0.391. The summed E-state index contributed by atoms with van der Waals surface area (Å²) in [7, 11) is 0. The number of H-pyrrole nitrogens is 1. The van der Waals surface area contributed by atoms with Gasteiger partial charge in [0, 0.05) is 30.1 Å². The van der Waals surface area contributed by atoms with E-state index >= 15 is 0 Å². The zero-order valence-corrected chi connectivity index (χ0v) is 16.5. The molecule has 4 aromatic rings. The van der Waals surface area contributed by atoms with Crippen LogP contribution in [0.15, 0.2) is 48.8 Å².